The van der Waals surface area contributed by atoms with Gasteiger partial charge in [0.05, 0.1) is 27.3 Å². The highest BCUT2D eigenvalue weighted by atomic mass is 32.1. The van der Waals surface area contributed by atoms with Gasteiger partial charge in [-0.3, -0.25) is 24.5 Å². The summed E-state index contributed by atoms with van der Waals surface area (Å²) < 4.78 is 21.4. The van der Waals surface area contributed by atoms with Crippen LogP contribution in [0.15, 0.2) is 54.9 Å². The lowest BCUT2D eigenvalue weighted by molar-refractivity contribution is -0.139. The van der Waals surface area contributed by atoms with E-state index in [9.17, 15) is 18.8 Å². The van der Waals surface area contributed by atoms with Gasteiger partial charge >= 0.3 is 6.03 Å². The van der Waals surface area contributed by atoms with Crippen molar-refractivity contribution in [3.05, 3.63) is 66.2 Å². The maximum atomic E-state index is 14.8. The van der Waals surface area contributed by atoms with Gasteiger partial charge in [-0.2, -0.15) is 0 Å². The van der Waals surface area contributed by atoms with E-state index < -0.39 is 5.82 Å². The Morgan fingerprint density at radius 1 is 1.05 bits per heavy atom. The van der Waals surface area contributed by atoms with Crippen molar-refractivity contribution in [3.63, 3.8) is 0 Å². The molecule has 4 heterocycles. The van der Waals surface area contributed by atoms with Crippen LogP contribution in [0.25, 0.3) is 20.8 Å². The Kier molecular flexibility index (Phi) is 6.20. The average Bonchev–Trinajstić information content (AvgIpc) is 3.51. The Hall–Kier alpha value is -4.38. The molecule has 1 aliphatic heterocycles. The van der Waals surface area contributed by atoms with Gasteiger partial charge in [-0.25, -0.2) is 9.18 Å². The topological polar surface area (TPSA) is 114 Å². The smallest absolute Gasteiger partial charge is 0.319 e. The van der Waals surface area contributed by atoms with Crippen LogP contribution < -0.4 is 15.4 Å². The van der Waals surface area contributed by atoms with E-state index in [0.717, 1.165) is 28.0 Å². The van der Waals surface area contributed by atoms with Crippen molar-refractivity contribution in [2.24, 2.45) is 0 Å². The molecule has 1 saturated carbocycles. The molecule has 1 saturated heterocycles. The average molecular weight is 532 g/mol. The summed E-state index contributed by atoms with van der Waals surface area (Å²) in [5.41, 5.74) is 2.48. The number of aromatic nitrogens is 2. The van der Waals surface area contributed by atoms with Crippen LogP contribution in [0.1, 0.15) is 31.2 Å². The number of anilines is 1. The molecule has 1 aliphatic carbocycles. The first-order valence-electron chi connectivity index (χ1n) is 12.1. The number of hydrogen-bond acceptors (Lipinski definition) is 7. The number of amides is 4. The van der Waals surface area contributed by atoms with E-state index in [1.54, 1.807) is 24.5 Å². The Balaban J connectivity index is 1.18. The first-order chi connectivity index (χ1) is 18.4. The molecule has 0 radical (unpaired) electrons. The second kappa shape index (κ2) is 9.82. The quantitative estimate of drug-likeness (QED) is 0.316. The summed E-state index contributed by atoms with van der Waals surface area (Å²) >= 11 is 1.41. The molecule has 2 aliphatic rings. The SMILES string of the molecule is O=C(Nc1ccc(Oc2ccnc3cc(-c4ccc(CN5C(=O)CCC5=O)cn4)sc23)c(F)c1)NC1CC1. The minimum atomic E-state index is -0.608. The fraction of sp³-hybridized carbons (Fsp3) is 0.222. The molecule has 2 fully saturated rings. The predicted octanol–water partition coefficient (Wildman–Crippen LogP) is 5.22. The highest BCUT2D eigenvalue weighted by Gasteiger charge is 2.28. The number of likely N-dealkylation sites (tertiary alicyclic amines) is 1. The monoisotopic (exact) mass is 531 g/mol. The van der Waals surface area contributed by atoms with Gasteiger partial charge < -0.3 is 15.4 Å². The van der Waals surface area contributed by atoms with Crippen LogP contribution in [0.4, 0.5) is 14.9 Å². The third-order valence-corrected chi connectivity index (χ3v) is 7.43. The number of pyridine rings is 2. The number of nitrogens with one attached hydrogen (secondary N) is 2. The van der Waals surface area contributed by atoms with Crippen molar-refractivity contribution in [2.75, 3.05) is 5.32 Å². The molecular formula is C27H22FN5O4S. The number of imide groups is 1. The molecule has 0 atom stereocenters. The zero-order valence-corrected chi connectivity index (χ0v) is 20.9. The van der Waals surface area contributed by atoms with Crippen LogP contribution in [-0.2, 0) is 16.1 Å². The lowest BCUT2D eigenvalue weighted by Crippen LogP contribution is -2.30. The van der Waals surface area contributed by atoms with Gasteiger partial charge in [0.15, 0.2) is 11.6 Å². The number of fused-ring (bicyclic) bond motifs is 1. The van der Waals surface area contributed by atoms with Gasteiger partial charge in [0, 0.05) is 49.1 Å². The summed E-state index contributed by atoms with van der Waals surface area (Å²) in [6.45, 7) is 0.210. The highest BCUT2D eigenvalue weighted by molar-refractivity contribution is 7.22. The molecule has 6 rings (SSSR count). The Morgan fingerprint density at radius 2 is 1.87 bits per heavy atom. The van der Waals surface area contributed by atoms with Crippen LogP contribution >= 0.6 is 11.3 Å². The molecule has 3 aromatic heterocycles. The Labute approximate surface area is 220 Å². The first kappa shape index (κ1) is 24.0. The number of carbonyl (C=O) groups is 3. The lowest BCUT2D eigenvalue weighted by Gasteiger charge is -2.13. The largest absolute Gasteiger partial charge is 0.453 e. The van der Waals surface area contributed by atoms with Gasteiger partial charge in [-0.05, 0) is 42.7 Å². The molecule has 2 N–H and O–H groups in total. The summed E-state index contributed by atoms with van der Waals surface area (Å²) in [7, 11) is 0. The van der Waals surface area contributed by atoms with Crippen molar-refractivity contribution >= 4 is 45.1 Å². The van der Waals surface area contributed by atoms with Gasteiger partial charge in [0.25, 0.3) is 0 Å². The van der Waals surface area contributed by atoms with Crippen LogP contribution in [0, 0.1) is 5.82 Å². The van der Waals surface area contributed by atoms with E-state index in [2.05, 4.69) is 20.6 Å². The summed E-state index contributed by atoms with van der Waals surface area (Å²) in [6, 6.07) is 11.3. The third-order valence-electron chi connectivity index (χ3n) is 6.27. The molecule has 9 nitrogen and oxygen atoms in total. The molecule has 38 heavy (non-hydrogen) atoms. The maximum absolute atomic E-state index is 14.8. The number of thiophene rings is 1. The van der Waals surface area contributed by atoms with Crippen molar-refractivity contribution in [3.8, 4) is 22.1 Å². The minimum absolute atomic E-state index is 0.0223. The van der Waals surface area contributed by atoms with Gasteiger partial charge in [-0.1, -0.05) is 6.07 Å². The van der Waals surface area contributed by atoms with E-state index in [4.69, 9.17) is 4.74 Å². The molecule has 0 spiro atoms. The van der Waals surface area contributed by atoms with Crippen LogP contribution in [0.2, 0.25) is 0 Å². The van der Waals surface area contributed by atoms with E-state index in [0.29, 0.717) is 22.6 Å². The van der Waals surface area contributed by atoms with Crippen molar-refractivity contribution < 1.29 is 23.5 Å². The van der Waals surface area contributed by atoms with Crippen LogP contribution in [0.5, 0.6) is 11.5 Å². The standard InChI is InChI=1S/C27H22FN5O4S/c28-18-11-17(32-27(36)31-16-2-3-16)4-6-21(18)37-22-9-10-29-20-12-23(38-26(20)22)19-5-1-15(13-30-19)14-33-24(34)7-8-25(33)35/h1,4-6,9-13,16H,2-3,7-8,14H2,(H2,31,32,36). The molecule has 0 unspecified atom stereocenters. The molecule has 192 valence electrons. The summed E-state index contributed by atoms with van der Waals surface area (Å²) in [5.74, 6) is -0.468. The van der Waals surface area contributed by atoms with Crippen molar-refractivity contribution in [1.29, 1.82) is 0 Å². The van der Waals surface area contributed by atoms with Gasteiger partial charge in [0.2, 0.25) is 11.8 Å². The van der Waals surface area contributed by atoms with E-state index in [1.165, 1.54) is 28.4 Å². The zero-order chi connectivity index (χ0) is 26.2. The fourth-order valence-corrected chi connectivity index (χ4v) is 5.17. The highest BCUT2D eigenvalue weighted by Crippen LogP contribution is 2.39. The number of hydrogen-bond donors (Lipinski definition) is 2. The van der Waals surface area contributed by atoms with Gasteiger partial charge in [-0.15, -0.1) is 11.3 Å². The molecule has 11 heteroatoms. The summed E-state index contributed by atoms with van der Waals surface area (Å²) in [6.07, 6.45) is 5.68. The second-order valence-electron chi connectivity index (χ2n) is 9.18. The number of rotatable bonds is 7. The van der Waals surface area contributed by atoms with E-state index in [-0.39, 0.29) is 49.0 Å². The normalized spacial score (nSPS) is 15.2. The lowest BCUT2D eigenvalue weighted by atomic mass is 10.2. The number of halogens is 1. The maximum Gasteiger partial charge on any atom is 0.319 e. The number of carbonyl (C=O) groups excluding carboxylic acids is 3. The first-order valence-corrected chi connectivity index (χ1v) is 13.0. The molecule has 0 bridgehead atoms. The third kappa shape index (κ3) is 5.05. The number of benzene rings is 1. The predicted molar refractivity (Wildman–Crippen MR) is 139 cm³/mol. The van der Waals surface area contributed by atoms with Crippen molar-refractivity contribution in [1.82, 2.24) is 20.2 Å². The molecule has 1 aromatic carbocycles. The zero-order valence-electron chi connectivity index (χ0n) is 20.1. The van der Waals surface area contributed by atoms with E-state index in [1.807, 2.05) is 18.2 Å². The Bertz CT molecular complexity index is 1550. The molecular weight excluding hydrogens is 509 g/mol. The molecule has 4 amide bonds. The summed E-state index contributed by atoms with van der Waals surface area (Å²) in [4.78, 5) is 46.7. The number of urea groups is 1. The Morgan fingerprint density at radius 3 is 2.58 bits per heavy atom. The van der Waals surface area contributed by atoms with Crippen LogP contribution in [0.3, 0.4) is 0 Å². The second-order valence-corrected chi connectivity index (χ2v) is 10.2. The van der Waals surface area contributed by atoms with Gasteiger partial charge in [0.1, 0.15) is 5.75 Å². The summed E-state index contributed by atoms with van der Waals surface area (Å²) in [5, 5.41) is 5.42. The minimum Gasteiger partial charge on any atom is -0.453 e. The number of ether oxygens (including phenoxy) is 1. The molecule has 4 aromatic rings. The van der Waals surface area contributed by atoms with E-state index >= 15 is 0 Å². The number of nitrogens with zero attached hydrogens (tertiary/aromatic N) is 3. The fourth-order valence-electron chi connectivity index (χ4n) is 4.13. The van der Waals surface area contributed by atoms with Crippen molar-refractivity contribution in [2.45, 2.75) is 38.3 Å². The van der Waals surface area contributed by atoms with Crippen LogP contribution in [-0.4, -0.2) is 38.8 Å².